The van der Waals surface area contributed by atoms with Crippen molar-refractivity contribution in [1.82, 2.24) is 5.32 Å². The summed E-state index contributed by atoms with van der Waals surface area (Å²) in [6.07, 6.45) is 2.15. The van der Waals surface area contributed by atoms with Crippen molar-refractivity contribution in [3.05, 3.63) is 29.8 Å². The predicted octanol–water partition coefficient (Wildman–Crippen LogP) is 1.78. The van der Waals surface area contributed by atoms with Crippen LogP contribution in [0.4, 0.5) is 0 Å². The SMILES string of the molecule is CNCCCCOCc1ccc(S(=O)O)cc1. The molecule has 0 saturated heterocycles. The lowest BCUT2D eigenvalue weighted by Gasteiger charge is -2.04. The molecule has 0 fully saturated rings. The Labute approximate surface area is 105 Å². The molecule has 0 aliphatic carbocycles. The number of nitrogens with one attached hydrogen (secondary N) is 1. The Balaban J connectivity index is 2.21. The highest BCUT2D eigenvalue weighted by Crippen LogP contribution is 2.08. The standard InChI is InChI=1S/C12H19NO3S/c1-13-8-2-3-9-16-10-11-4-6-12(7-5-11)17(14)15/h4-7,13H,2-3,8-10H2,1H3,(H,14,15). The van der Waals surface area contributed by atoms with Gasteiger partial charge in [-0.2, -0.15) is 0 Å². The average molecular weight is 257 g/mol. The zero-order valence-corrected chi connectivity index (χ0v) is 10.8. The Kier molecular flexibility index (Phi) is 7.04. The fourth-order valence-corrected chi connectivity index (χ4v) is 1.77. The fourth-order valence-electron chi connectivity index (χ4n) is 1.40. The Morgan fingerprint density at radius 2 is 2.00 bits per heavy atom. The highest BCUT2D eigenvalue weighted by Gasteiger charge is 1.99. The average Bonchev–Trinajstić information content (AvgIpc) is 2.34. The van der Waals surface area contributed by atoms with Crippen LogP contribution >= 0.6 is 0 Å². The summed E-state index contributed by atoms with van der Waals surface area (Å²) in [6, 6.07) is 6.93. The van der Waals surface area contributed by atoms with E-state index in [9.17, 15) is 4.21 Å². The predicted molar refractivity (Wildman–Crippen MR) is 68.3 cm³/mol. The van der Waals surface area contributed by atoms with E-state index in [1.165, 1.54) is 0 Å². The van der Waals surface area contributed by atoms with Gasteiger partial charge in [-0.15, -0.1) is 0 Å². The van der Waals surface area contributed by atoms with Gasteiger partial charge in [0.1, 0.15) is 0 Å². The van der Waals surface area contributed by atoms with Gasteiger partial charge in [0, 0.05) is 6.61 Å². The van der Waals surface area contributed by atoms with Crippen molar-refractivity contribution in [2.75, 3.05) is 20.2 Å². The van der Waals surface area contributed by atoms with Crippen molar-refractivity contribution in [2.45, 2.75) is 24.3 Å². The van der Waals surface area contributed by atoms with Crippen LogP contribution in [0.3, 0.4) is 0 Å². The smallest absolute Gasteiger partial charge is 0.186 e. The molecule has 0 radical (unpaired) electrons. The summed E-state index contributed by atoms with van der Waals surface area (Å²) in [5, 5.41) is 3.09. The van der Waals surface area contributed by atoms with E-state index >= 15 is 0 Å². The normalized spacial score (nSPS) is 12.6. The maximum atomic E-state index is 10.7. The van der Waals surface area contributed by atoms with Crippen molar-refractivity contribution >= 4 is 11.1 Å². The third kappa shape index (κ3) is 5.93. The van der Waals surface area contributed by atoms with E-state index < -0.39 is 11.1 Å². The summed E-state index contributed by atoms with van der Waals surface area (Å²) in [7, 11) is 1.94. The molecule has 1 rings (SSSR count). The van der Waals surface area contributed by atoms with E-state index in [-0.39, 0.29) is 0 Å². The quantitative estimate of drug-likeness (QED) is 0.550. The van der Waals surface area contributed by atoms with E-state index in [4.69, 9.17) is 9.29 Å². The van der Waals surface area contributed by atoms with Gasteiger partial charge in [0.15, 0.2) is 11.1 Å². The molecule has 1 unspecified atom stereocenters. The molecule has 0 saturated carbocycles. The number of rotatable bonds is 8. The van der Waals surface area contributed by atoms with Crippen LogP contribution in [0, 0.1) is 0 Å². The highest BCUT2D eigenvalue weighted by atomic mass is 32.2. The first-order chi connectivity index (χ1) is 8.24. The summed E-state index contributed by atoms with van der Waals surface area (Å²) in [5.74, 6) is 0. The highest BCUT2D eigenvalue weighted by molar-refractivity contribution is 7.79. The molecular weight excluding hydrogens is 238 g/mol. The van der Waals surface area contributed by atoms with Gasteiger partial charge >= 0.3 is 0 Å². The van der Waals surface area contributed by atoms with Crippen molar-refractivity contribution in [1.29, 1.82) is 0 Å². The van der Waals surface area contributed by atoms with Crippen molar-refractivity contribution in [2.24, 2.45) is 0 Å². The molecule has 0 aliphatic heterocycles. The molecule has 0 aliphatic rings. The molecule has 1 aromatic rings. The topological polar surface area (TPSA) is 58.6 Å². The lowest BCUT2D eigenvalue weighted by atomic mass is 10.2. The van der Waals surface area contributed by atoms with E-state index in [2.05, 4.69) is 5.32 Å². The van der Waals surface area contributed by atoms with Gasteiger partial charge in [0.2, 0.25) is 0 Å². The summed E-state index contributed by atoms with van der Waals surface area (Å²) in [6.45, 7) is 2.31. The molecule has 96 valence electrons. The van der Waals surface area contributed by atoms with Crippen LogP contribution in [0.2, 0.25) is 0 Å². The monoisotopic (exact) mass is 257 g/mol. The van der Waals surface area contributed by atoms with E-state index in [0.29, 0.717) is 11.5 Å². The minimum atomic E-state index is -1.90. The van der Waals surface area contributed by atoms with Crippen molar-refractivity contribution in [3.8, 4) is 0 Å². The molecular formula is C12H19NO3S. The van der Waals surface area contributed by atoms with Crippen LogP contribution in [0.1, 0.15) is 18.4 Å². The molecule has 0 aromatic heterocycles. The maximum Gasteiger partial charge on any atom is 0.186 e. The van der Waals surface area contributed by atoms with Gasteiger partial charge in [-0.3, -0.25) is 0 Å². The fraction of sp³-hybridized carbons (Fsp3) is 0.500. The summed E-state index contributed by atoms with van der Waals surface area (Å²) in [4.78, 5) is 0.419. The first kappa shape index (κ1) is 14.3. The second-order valence-electron chi connectivity index (χ2n) is 3.76. The minimum Gasteiger partial charge on any atom is -0.377 e. The van der Waals surface area contributed by atoms with E-state index in [1.54, 1.807) is 12.1 Å². The lowest BCUT2D eigenvalue weighted by Crippen LogP contribution is -2.08. The third-order valence-corrected chi connectivity index (χ3v) is 3.03. The van der Waals surface area contributed by atoms with Gasteiger partial charge in [-0.1, -0.05) is 12.1 Å². The molecule has 1 aromatic carbocycles. The van der Waals surface area contributed by atoms with E-state index in [0.717, 1.165) is 31.6 Å². The summed E-state index contributed by atoms with van der Waals surface area (Å²) in [5.41, 5.74) is 1.02. The van der Waals surface area contributed by atoms with E-state index in [1.807, 2.05) is 19.2 Å². The zero-order chi connectivity index (χ0) is 12.5. The van der Waals surface area contributed by atoms with Gasteiger partial charge in [0.05, 0.1) is 11.5 Å². The summed E-state index contributed by atoms with van der Waals surface area (Å²) < 4.78 is 25.1. The molecule has 0 amide bonds. The zero-order valence-electron chi connectivity index (χ0n) is 10.0. The first-order valence-corrected chi connectivity index (χ1v) is 6.77. The Bertz CT molecular complexity index is 340. The Morgan fingerprint density at radius 1 is 1.29 bits per heavy atom. The van der Waals surface area contributed by atoms with Crippen molar-refractivity contribution in [3.63, 3.8) is 0 Å². The second kappa shape index (κ2) is 8.36. The molecule has 1 atom stereocenters. The number of ether oxygens (including phenoxy) is 1. The number of hydrogen-bond acceptors (Lipinski definition) is 3. The molecule has 5 heteroatoms. The van der Waals surface area contributed by atoms with Gasteiger partial charge in [-0.05, 0) is 44.1 Å². The molecule has 0 bridgehead atoms. The third-order valence-electron chi connectivity index (χ3n) is 2.36. The Hall–Kier alpha value is -0.750. The van der Waals surface area contributed by atoms with Crippen LogP contribution < -0.4 is 5.32 Å². The van der Waals surface area contributed by atoms with Crippen LogP contribution in [0.5, 0.6) is 0 Å². The second-order valence-corrected chi connectivity index (χ2v) is 4.73. The number of hydrogen-bond donors (Lipinski definition) is 2. The number of unbranched alkanes of at least 4 members (excludes halogenated alkanes) is 1. The molecule has 0 spiro atoms. The van der Waals surface area contributed by atoms with Crippen molar-refractivity contribution < 1.29 is 13.5 Å². The Morgan fingerprint density at radius 3 is 2.59 bits per heavy atom. The van der Waals surface area contributed by atoms with Crippen LogP contribution in [0.15, 0.2) is 29.2 Å². The van der Waals surface area contributed by atoms with Gasteiger partial charge < -0.3 is 14.6 Å². The molecule has 2 N–H and O–H groups in total. The van der Waals surface area contributed by atoms with Crippen LogP contribution in [-0.4, -0.2) is 29.0 Å². The van der Waals surface area contributed by atoms with Crippen LogP contribution in [-0.2, 0) is 22.4 Å². The molecule has 17 heavy (non-hydrogen) atoms. The first-order valence-electron chi connectivity index (χ1n) is 5.66. The summed E-state index contributed by atoms with van der Waals surface area (Å²) >= 11 is -1.90. The molecule has 4 nitrogen and oxygen atoms in total. The van der Waals surface area contributed by atoms with Gasteiger partial charge in [0.25, 0.3) is 0 Å². The number of benzene rings is 1. The lowest BCUT2D eigenvalue weighted by molar-refractivity contribution is 0.117. The van der Waals surface area contributed by atoms with Crippen LogP contribution in [0.25, 0.3) is 0 Å². The minimum absolute atomic E-state index is 0.419. The van der Waals surface area contributed by atoms with Gasteiger partial charge in [-0.25, -0.2) is 4.21 Å². The molecule has 0 heterocycles. The largest absolute Gasteiger partial charge is 0.377 e. The maximum absolute atomic E-state index is 10.7.